The molecule has 0 spiro atoms. The number of benzene rings is 2. The van der Waals surface area contributed by atoms with E-state index in [1.165, 1.54) is 7.11 Å². The fourth-order valence-corrected chi connectivity index (χ4v) is 6.89. The molecule has 238 valence electrons. The molecule has 13 heteroatoms. The Morgan fingerprint density at radius 2 is 1.67 bits per heavy atom. The molecule has 3 saturated heterocycles. The number of piperidine rings is 3. The maximum absolute atomic E-state index is 13.5. The number of methoxy groups -OCH3 is 1. The summed E-state index contributed by atoms with van der Waals surface area (Å²) in [6.07, 6.45) is -5.68. The predicted octanol–water partition coefficient (Wildman–Crippen LogP) is 6.89. The third kappa shape index (κ3) is 5.73. The number of alkyl halides is 6. The highest BCUT2D eigenvalue weighted by molar-refractivity contribution is 5.85. The lowest BCUT2D eigenvalue weighted by Gasteiger charge is -2.52. The molecule has 3 aliphatic heterocycles. The average molecular weight is 633 g/mol. The van der Waals surface area contributed by atoms with Gasteiger partial charge < -0.3 is 15.4 Å². The fraction of sp³-hybridized carbons (Fsp3) is 0.406. The van der Waals surface area contributed by atoms with E-state index in [2.05, 4.69) is 27.4 Å². The molecule has 1 unspecified atom stereocenters. The molecule has 45 heavy (non-hydrogen) atoms. The van der Waals surface area contributed by atoms with Gasteiger partial charge >= 0.3 is 12.4 Å². The van der Waals surface area contributed by atoms with Crippen LogP contribution in [0.1, 0.15) is 48.9 Å². The summed E-state index contributed by atoms with van der Waals surface area (Å²) in [5, 5.41) is 6.36. The van der Waals surface area contributed by atoms with Crippen LogP contribution in [-0.2, 0) is 12.4 Å². The van der Waals surface area contributed by atoms with Crippen molar-refractivity contribution < 1.29 is 31.1 Å². The van der Waals surface area contributed by atoms with Crippen molar-refractivity contribution in [3.8, 4) is 5.75 Å². The second-order valence-electron chi connectivity index (χ2n) is 11.7. The minimum atomic E-state index is -5.08. The number of ether oxygens (including phenoxy) is 1. The van der Waals surface area contributed by atoms with Crippen molar-refractivity contribution in [1.29, 1.82) is 0 Å². The standard InChI is InChI=1S/C32H30F6N4O3/c1-3-16-15-42-9-7-17(16)10-25(42)26(22-6-8-39-24-5-4-21(45-2)14-23(22)24)41-28-27(29(43)30(28)44)40-20-12-18(31(33,34)35)11-19(13-20)32(36,37)38/h4-6,8,11-14,16-17,25-26,40-41H,3,7,9-10,15H2,1-2H3/t16-,17-,25+,26-/m0/s1. The zero-order valence-electron chi connectivity index (χ0n) is 24.4. The van der Waals surface area contributed by atoms with E-state index in [4.69, 9.17) is 4.74 Å². The number of anilines is 3. The lowest BCUT2D eigenvalue weighted by atomic mass is 9.72. The van der Waals surface area contributed by atoms with Gasteiger partial charge in [-0.3, -0.25) is 19.5 Å². The monoisotopic (exact) mass is 632 g/mol. The molecule has 3 aliphatic rings. The van der Waals surface area contributed by atoms with Crippen LogP contribution in [0.25, 0.3) is 10.9 Å². The van der Waals surface area contributed by atoms with Crippen molar-refractivity contribution in [3.05, 3.63) is 85.8 Å². The Hall–Kier alpha value is -4.13. The van der Waals surface area contributed by atoms with Gasteiger partial charge in [0, 0.05) is 29.9 Å². The molecule has 2 N–H and O–H groups in total. The molecule has 0 aliphatic carbocycles. The van der Waals surface area contributed by atoms with Gasteiger partial charge in [-0.2, -0.15) is 26.3 Å². The number of halogens is 6. The summed E-state index contributed by atoms with van der Waals surface area (Å²) in [4.78, 5) is 32.5. The second kappa shape index (κ2) is 11.3. The van der Waals surface area contributed by atoms with Crippen molar-refractivity contribution in [2.75, 3.05) is 30.8 Å². The minimum Gasteiger partial charge on any atom is -0.497 e. The van der Waals surface area contributed by atoms with E-state index < -0.39 is 51.8 Å². The quantitative estimate of drug-likeness (QED) is 0.162. The summed E-state index contributed by atoms with van der Waals surface area (Å²) < 4.78 is 86.4. The maximum atomic E-state index is 13.5. The van der Waals surface area contributed by atoms with Gasteiger partial charge in [-0.15, -0.1) is 0 Å². The topological polar surface area (TPSA) is 83.6 Å². The number of rotatable bonds is 8. The Kier molecular flexibility index (Phi) is 7.78. The Bertz CT molecular complexity index is 1780. The first-order chi connectivity index (χ1) is 21.3. The van der Waals surface area contributed by atoms with Crippen LogP contribution in [0.4, 0.5) is 43.4 Å². The van der Waals surface area contributed by atoms with Gasteiger partial charge in [0.05, 0.1) is 29.8 Å². The van der Waals surface area contributed by atoms with E-state index >= 15 is 0 Å². The summed E-state index contributed by atoms with van der Waals surface area (Å²) in [6.45, 7) is 3.83. The Balaban J connectivity index is 1.42. The molecule has 4 aromatic rings. The Morgan fingerprint density at radius 1 is 0.978 bits per heavy atom. The van der Waals surface area contributed by atoms with Crippen LogP contribution in [0.3, 0.4) is 0 Å². The molecule has 5 atom stereocenters. The molecule has 3 aromatic carbocycles. The summed E-state index contributed by atoms with van der Waals surface area (Å²) >= 11 is 0. The number of fused-ring (bicyclic) bond motifs is 4. The molecular weight excluding hydrogens is 602 g/mol. The van der Waals surface area contributed by atoms with E-state index in [-0.39, 0.29) is 17.8 Å². The van der Waals surface area contributed by atoms with Crippen molar-refractivity contribution in [2.45, 2.75) is 50.6 Å². The highest BCUT2D eigenvalue weighted by atomic mass is 19.4. The van der Waals surface area contributed by atoms with Gasteiger partial charge in [0.15, 0.2) is 0 Å². The van der Waals surface area contributed by atoms with Gasteiger partial charge in [-0.05, 0) is 79.3 Å². The first-order valence-corrected chi connectivity index (χ1v) is 14.6. The molecule has 3 fully saturated rings. The van der Waals surface area contributed by atoms with E-state index in [0.717, 1.165) is 43.3 Å². The maximum Gasteiger partial charge on any atom is 0.416 e. The van der Waals surface area contributed by atoms with Gasteiger partial charge in [-0.1, -0.05) is 13.3 Å². The van der Waals surface area contributed by atoms with Crippen molar-refractivity contribution in [1.82, 2.24) is 9.88 Å². The predicted molar refractivity (Wildman–Crippen MR) is 158 cm³/mol. The van der Waals surface area contributed by atoms with Crippen molar-refractivity contribution >= 4 is 28.0 Å². The van der Waals surface area contributed by atoms with Gasteiger partial charge in [0.25, 0.3) is 10.9 Å². The number of nitrogens with one attached hydrogen (secondary N) is 2. The number of pyridine rings is 1. The summed E-state index contributed by atoms with van der Waals surface area (Å²) in [5.74, 6) is 1.53. The fourth-order valence-electron chi connectivity index (χ4n) is 6.89. The summed E-state index contributed by atoms with van der Waals surface area (Å²) in [6, 6.07) is 7.46. The number of aromatic nitrogens is 1. The molecule has 7 nitrogen and oxygen atoms in total. The molecule has 4 heterocycles. The number of hydrogen-bond acceptors (Lipinski definition) is 7. The first kappa shape index (κ1) is 30.9. The SMILES string of the molecule is CC[C@H]1CN2CC[C@H]1C[C@@H]2[C@@H](Nc1c(Nc2cc(C(F)(F)F)cc(C(F)(F)F)c2)c(=O)c1=O)c1ccnc2ccc(OC)cc12. The largest absolute Gasteiger partial charge is 0.497 e. The van der Waals surface area contributed by atoms with Crippen LogP contribution >= 0.6 is 0 Å². The van der Waals surface area contributed by atoms with Gasteiger partial charge in [0.1, 0.15) is 17.1 Å². The highest BCUT2D eigenvalue weighted by Gasteiger charge is 2.44. The average Bonchev–Trinajstić information content (AvgIpc) is 3.03. The van der Waals surface area contributed by atoms with Gasteiger partial charge in [0.2, 0.25) is 0 Å². The van der Waals surface area contributed by atoms with Crippen LogP contribution in [0.2, 0.25) is 0 Å². The van der Waals surface area contributed by atoms with Crippen LogP contribution in [0.5, 0.6) is 5.75 Å². The third-order valence-corrected chi connectivity index (χ3v) is 9.23. The van der Waals surface area contributed by atoms with Crippen LogP contribution < -0.4 is 26.2 Å². The van der Waals surface area contributed by atoms with E-state index in [9.17, 15) is 35.9 Å². The highest BCUT2D eigenvalue weighted by Crippen LogP contribution is 2.45. The molecule has 0 amide bonds. The van der Waals surface area contributed by atoms with Crippen molar-refractivity contribution in [2.24, 2.45) is 11.8 Å². The molecule has 2 bridgehead atoms. The molecular formula is C32H30F6N4O3. The summed E-state index contributed by atoms with van der Waals surface area (Å²) in [7, 11) is 1.53. The zero-order valence-corrected chi connectivity index (χ0v) is 24.4. The lowest BCUT2D eigenvalue weighted by Crippen LogP contribution is -2.56. The Morgan fingerprint density at radius 3 is 2.27 bits per heavy atom. The van der Waals surface area contributed by atoms with Crippen LogP contribution in [0, 0.1) is 11.8 Å². The molecule has 0 saturated carbocycles. The molecule has 0 radical (unpaired) electrons. The number of hydrogen-bond donors (Lipinski definition) is 2. The lowest BCUT2D eigenvalue weighted by molar-refractivity contribution is -0.143. The third-order valence-electron chi connectivity index (χ3n) is 9.23. The van der Waals surface area contributed by atoms with E-state index in [1.54, 1.807) is 24.4 Å². The van der Waals surface area contributed by atoms with Crippen LogP contribution in [-0.4, -0.2) is 36.1 Å². The normalized spacial score (nSPS) is 22.5. The van der Waals surface area contributed by atoms with Crippen LogP contribution in [0.15, 0.2) is 58.3 Å². The zero-order chi connectivity index (χ0) is 32.3. The second-order valence-corrected chi connectivity index (χ2v) is 11.7. The van der Waals surface area contributed by atoms with Gasteiger partial charge in [-0.25, -0.2) is 0 Å². The van der Waals surface area contributed by atoms with E-state index in [0.29, 0.717) is 35.2 Å². The Labute approximate surface area is 253 Å². The van der Waals surface area contributed by atoms with E-state index in [1.807, 2.05) is 6.07 Å². The molecule has 1 aromatic heterocycles. The first-order valence-electron chi connectivity index (χ1n) is 14.6. The smallest absolute Gasteiger partial charge is 0.416 e. The number of nitrogens with zero attached hydrogens (tertiary/aromatic N) is 2. The van der Waals surface area contributed by atoms with Crippen molar-refractivity contribution in [3.63, 3.8) is 0 Å². The molecule has 7 rings (SSSR count). The minimum absolute atomic E-state index is 0.00144. The summed E-state index contributed by atoms with van der Waals surface area (Å²) in [5.41, 5.74) is -4.82.